The fraction of sp³-hybridized carbons (Fsp3) is 0. The van der Waals surface area contributed by atoms with Crippen molar-refractivity contribution in [3.8, 4) is 0 Å². The molecule has 0 heterocycles. The van der Waals surface area contributed by atoms with E-state index in [-0.39, 0.29) is 115 Å². The topological polar surface area (TPSA) is 312 Å². The van der Waals surface area contributed by atoms with E-state index < -0.39 is 0 Å². The van der Waals surface area contributed by atoms with Crippen molar-refractivity contribution in [1.29, 1.82) is 0 Å². The average Bonchev–Trinajstić information content (AvgIpc) is 2.61. The van der Waals surface area contributed by atoms with E-state index in [1.165, 1.54) is 0 Å². The molecule has 0 aliphatic rings. The summed E-state index contributed by atoms with van der Waals surface area (Å²) in [7, 11) is 0. The van der Waals surface area contributed by atoms with Gasteiger partial charge in [-0.2, -0.15) is 0 Å². The van der Waals surface area contributed by atoms with Crippen molar-refractivity contribution in [1.82, 2.24) is 0 Å². The normalized spacial score (nSPS) is 5.65. The molecule has 0 bridgehead atoms. The minimum Gasteiger partial charge on any atom is -0.415 e. The van der Waals surface area contributed by atoms with Crippen LogP contribution in [0.3, 0.4) is 0 Å². The van der Waals surface area contributed by atoms with Crippen LogP contribution in [0.1, 0.15) is 0 Å². The molecule has 0 aliphatic carbocycles. The van der Waals surface area contributed by atoms with Gasteiger partial charge in [0.25, 0.3) is 0 Å². The number of hydrogen-bond acceptors (Lipinski definition) is 24. The Morgan fingerprint density at radius 1 is 0.176 bits per heavy atom. The maximum absolute atomic E-state index is 4.66. The molecule has 0 unspecified atom stereocenters. The third kappa shape index (κ3) is 12300. The molecule has 0 atom stereocenters. The third-order valence-corrected chi connectivity index (χ3v) is 0. The van der Waals surface area contributed by atoms with Crippen molar-refractivity contribution < 1.29 is 63.2 Å². The standard InChI is InChI=1S/12CH3NS2.3Mo/c12*2-1(3)4;;;/h12*(H3,2,3,4);;;/q;;;;;;;;;;;;3*+4/p-12. The molecule has 12 nitrogen and oxygen atoms in total. The molecule has 0 aromatic rings. The van der Waals surface area contributed by atoms with Gasteiger partial charge in [0.2, 0.25) is 0 Å². The number of rotatable bonds is 0. The van der Waals surface area contributed by atoms with Crippen LogP contribution < -0.4 is 68.8 Å². The Labute approximate surface area is 473 Å². The molecule has 0 fully saturated rings. The van der Waals surface area contributed by atoms with Gasteiger partial charge < -0.3 is 367 Å². The second-order valence-electron chi connectivity index (χ2n) is 3.83. The van der Waals surface area contributed by atoms with Crippen LogP contribution in [0.4, 0.5) is 0 Å². The summed E-state index contributed by atoms with van der Waals surface area (Å²) in [6.45, 7) is 0. The maximum atomic E-state index is 4.66. The molecular formula is C12H24Mo3N12S24. The summed E-state index contributed by atoms with van der Waals surface area (Å²) in [5.41, 5.74) is 55.9. The van der Waals surface area contributed by atoms with Gasteiger partial charge in [-0.15, -0.1) is 0 Å². The summed E-state index contributed by atoms with van der Waals surface area (Å²) in [5, 5.41) is 0. The Balaban J connectivity index is -0.0000000212. The van der Waals surface area contributed by atoms with Gasteiger partial charge in [-0.1, -0.05) is 51.8 Å². The first kappa shape index (κ1) is 99.9. The smallest absolute Gasteiger partial charge is 0.415 e. The average molecular weight is 1390 g/mol. The van der Waals surface area contributed by atoms with E-state index in [0.717, 1.165) is 0 Å². The summed E-state index contributed by atoms with van der Waals surface area (Å²) in [5.74, 6) is 0. The molecule has 0 saturated heterocycles. The fourth-order valence-electron chi connectivity index (χ4n) is 0. The zero-order valence-electron chi connectivity index (χ0n) is 24.0. The van der Waals surface area contributed by atoms with Crippen molar-refractivity contribution in [2.45, 2.75) is 0 Å². The molecule has 0 rings (SSSR count). The SMILES string of the molecule is NC(=S)[S-].NC(=S)[S-].NC(=S)[S-].NC(=S)[S-].NC(=S)[S-].NC(=S)[S-].NC(=S)[S-].NC(=S)[S-].NC(=S)[S-].NC(=S)[S-].NC(=S)[S-].NC(=S)[S-].[Mo+4].[Mo+4].[Mo+4]. The van der Waals surface area contributed by atoms with Gasteiger partial charge in [0.15, 0.2) is 0 Å². The van der Waals surface area contributed by atoms with E-state index in [1.807, 2.05) is 0 Å². The largest absolute Gasteiger partial charge is 4.00 e. The van der Waals surface area contributed by atoms with E-state index in [4.69, 9.17) is 0 Å². The quantitative estimate of drug-likeness (QED) is 0.0668. The van der Waals surface area contributed by atoms with Crippen LogP contribution in [-0.4, -0.2) is 51.8 Å². The molecule has 24 N–H and O–H groups in total. The van der Waals surface area contributed by atoms with Crippen molar-refractivity contribution in [2.75, 3.05) is 0 Å². The Bertz CT molecular complexity index is 623. The molecule has 0 spiro atoms. The van der Waals surface area contributed by atoms with Crippen LogP contribution in [0, 0.1) is 0 Å². The summed E-state index contributed by atoms with van der Waals surface area (Å²) < 4.78 is 1.00. The molecule has 0 radical (unpaired) electrons. The van der Waals surface area contributed by atoms with Crippen molar-refractivity contribution in [2.24, 2.45) is 68.8 Å². The van der Waals surface area contributed by atoms with Crippen LogP contribution in [0.2, 0.25) is 0 Å². The van der Waals surface area contributed by atoms with Gasteiger partial charge in [0.1, 0.15) is 0 Å². The summed E-state index contributed by atoms with van der Waals surface area (Å²) >= 11 is 99.1. The van der Waals surface area contributed by atoms with Crippen LogP contribution in [0.5, 0.6) is 0 Å². The van der Waals surface area contributed by atoms with E-state index in [9.17, 15) is 0 Å². The molecule has 0 amide bonds. The third-order valence-electron chi connectivity index (χ3n) is 0. The maximum Gasteiger partial charge on any atom is 4.00 e. The predicted octanol–water partition coefficient (Wildman–Crippen LogP) is -2.68. The van der Waals surface area contributed by atoms with Crippen molar-refractivity contribution >= 4 is 350 Å². The molecule has 0 aliphatic heterocycles. The first-order valence-electron chi connectivity index (χ1n) is 8.36. The zero-order valence-corrected chi connectivity index (χ0v) is 49.6. The summed E-state index contributed by atoms with van der Waals surface area (Å²) in [6.07, 6.45) is 0. The number of nitrogens with two attached hydrogens (primary N) is 12. The van der Waals surface area contributed by atoms with E-state index in [1.54, 1.807) is 0 Å². The predicted molar refractivity (Wildman–Crippen MR) is 290 cm³/mol. The Kier molecular flexibility index (Phi) is 185. The van der Waals surface area contributed by atoms with Gasteiger partial charge in [-0.05, 0) is 0 Å². The Morgan fingerprint density at radius 3 is 0.176 bits per heavy atom. The molecule has 0 aromatic carbocycles. The van der Waals surface area contributed by atoms with Crippen LogP contribution in [-0.2, 0) is 215 Å². The minimum atomic E-state index is 0. The molecule has 294 valence electrons. The Morgan fingerprint density at radius 2 is 0.176 bits per heavy atom. The van der Waals surface area contributed by atoms with Gasteiger partial charge >= 0.3 is 63.2 Å². The van der Waals surface area contributed by atoms with Crippen LogP contribution in [0.15, 0.2) is 0 Å². The minimum absolute atomic E-state index is 0. The fourth-order valence-corrected chi connectivity index (χ4v) is 0. The van der Waals surface area contributed by atoms with Crippen molar-refractivity contribution in [3.05, 3.63) is 0 Å². The summed E-state index contributed by atoms with van der Waals surface area (Å²) in [4.78, 5) is 0. The van der Waals surface area contributed by atoms with Gasteiger partial charge in [-0.25, -0.2) is 0 Å². The molecule has 0 aromatic heterocycles. The molecular weight excluding hydrogens is 1370 g/mol. The molecule has 51 heavy (non-hydrogen) atoms. The van der Waals surface area contributed by atoms with Gasteiger partial charge in [0.05, 0.1) is 0 Å². The first-order chi connectivity index (χ1) is 20.8. The van der Waals surface area contributed by atoms with Crippen LogP contribution >= 0.6 is 147 Å². The first-order valence-corrected chi connectivity index (χ1v) is 18.2. The zero-order chi connectivity index (χ0) is 42.9. The van der Waals surface area contributed by atoms with Crippen molar-refractivity contribution in [3.63, 3.8) is 0 Å². The second-order valence-corrected chi connectivity index (χ2v) is 17.5. The monoisotopic (exact) mass is 1400 g/mol. The summed E-state index contributed by atoms with van der Waals surface area (Å²) in [6, 6.07) is 0. The van der Waals surface area contributed by atoms with E-state index >= 15 is 0 Å². The van der Waals surface area contributed by atoms with E-state index in [0.29, 0.717) is 0 Å². The van der Waals surface area contributed by atoms with Gasteiger partial charge in [0, 0.05) is 0 Å². The molecule has 39 heteroatoms. The van der Waals surface area contributed by atoms with Gasteiger partial charge in [-0.3, -0.25) is 0 Å². The Hall–Kier alpha value is 3.38. The van der Waals surface area contributed by atoms with E-state index in [2.05, 4.69) is 367 Å². The number of hydrogen-bond donors (Lipinski definition) is 12. The number of thiocarbonyl (C=S) groups is 12. The molecule has 0 saturated carbocycles. The van der Waals surface area contributed by atoms with Crippen LogP contribution in [0.25, 0.3) is 0 Å². The second kappa shape index (κ2) is 94.4.